The summed E-state index contributed by atoms with van der Waals surface area (Å²) < 4.78 is 22.5. The highest BCUT2D eigenvalue weighted by atomic mass is 32.2. The molecule has 1 heterocycles. The molecule has 15 heavy (non-hydrogen) atoms. The second-order valence-electron chi connectivity index (χ2n) is 4.11. The first-order valence-corrected chi connectivity index (χ1v) is 6.91. The van der Waals surface area contributed by atoms with E-state index in [1.165, 1.54) is 5.56 Å². The standard InChI is InChI=1S/C11H15NO2S/c1-9-3-2-4-10(7-9)12-11-5-6-15(13,14)8-11/h2-4,7,11-12H,5-6,8H2,1H3/t11-/m0/s1. The highest BCUT2D eigenvalue weighted by Crippen LogP contribution is 2.18. The number of sulfone groups is 1. The molecule has 4 heteroatoms. The predicted molar refractivity (Wildman–Crippen MR) is 61.9 cm³/mol. The number of anilines is 1. The summed E-state index contributed by atoms with van der Waals surface area (Å²) in [4.78, 5) is 0. The first-order valence-electron chi connectivity index (χ1n) is 5.09. The van der Waals surface area contributed by atoms with Gasteiger partial charge in [0.25, 0.3) is 0 Å². The molecule has 0 aliphatic carbocycles. The lowest BCUT2D eigenvalue weighted by atomic mass is 10.2. The van der Waals surface area contributed by atoms with Crippen LogP contribution in [0.4, 0.5) is 5.69 Å². The van der Waals surface area contributed by atoms with Crippen molar-refractivity contribution in [2.24, 2.45) is 0 Å². The molecule has 0 aromatic heterocycles. The van der Waals surface area contributed by atoms with Crippen molar-refractivity contribution >= 4 is 15.5 Å². The summed E-state index contributed by atoms with van der Waals surface area (Å²) in [5, 5.41) is 3.26. The Kier molecular flexibility index (Phi) is 2.69. The van der Waals surface area contributed by atoms with Crippen LogP contribution >= 0.6 is 0 Å². The van der Waals surface area contributed by atoms with E-state index in [2.05, 4.69) is 5.32 Å². The highest BCUT2D eigenvalue weighted by molar-refractivity contribution is 7.91. The van der Waals surface area contributed by atoms with Gasteiger partial charge in [-0.1, -0.05) is 12.1 Å². The number of benzene rings is 1. The Bertz CT molecular complexity index is 453. The topological polar surface area (TPSA) is 46.2 Å². The van der Waals surface area contributed by atoms with Crippen molar-refractivity contribution in [3.05, 3.63) is 29.8 Å². The maximum Gasteiger partial charge on any atom is 0.152 e. The van der Waals surface area contributed by atoms with Gasteiger partial charge in [-0.15, -0.1) is 0 Å². The van der Waals surface area contributed by atoms with Gasteiger partial charge in [0.05, 0.1) is 11.5 Å². The molecule has 1 saturated heterocycles. The molecule has 2 rings (SSSR count). The van der Waals surface area contributed by atoms with E-state index >= 15 is 0 Å². The fourth-order valence-corrected chi connectivity index (χ4v) is 3.55. The second-order valence-corrected chi connectivity index (χ2v) is 6.34. The van der Waals surface area contributed by atoms with Crippen LogP contribution in [0.1, 0.15) is 12.0 Å². The van der Waals surface area contributed by atoms with Crippen LogP contribution in [0.5, 0.6) is 0 Å². The summed E-state index contributed by atoms with van der Waals surface area (Å²) >= 11 is 0. The molecule has 1 N–H and O–H groups in total. The lowest BCUT2D eigenvalue weighted by Crippen LogP contribution is -2.20. The normalized spacial score (nSPS) is 23.9. The van der Waals surface area contributed by atoms with Crippen LogP contribution in [-0.2, 0) is 9.84 Å². The molecule has 1 aliphatic heterocycles. The molecule has 1 atom stereocenters. The van der Waals surface area contributed by atoms with E-state index in [9.17, 15) is 8.42 Å². The van der Waals surface area contributed by atoms with E-state index in [4.69, 9.17) is 0 Å². The zero-order valence-electron chi connectivity index (χ0n) is 8.73. The molecular formula is C11H15NO2S. The molecule has 1 fully saturated rings. The van der Waals surface area contributed by atoms with Gasteiger partial charge in [-0.05, 0) is 31.0 Å². The van der Waals surface area contributed by atoms with Crippen LogP contribution in [-0.4, -0.2) is 26.0 Å². The molecule has 0 unspecified atom stereocenters. The third kappa shape index (κ3) is 2.72. The lowest BCUT2D eigenvalue weighted by Gasteiger charge is -2.12. The lowest BCUT2D eigenvalue weighted by molar-refractivity contribution is 0.602. The van der Waals surface area contributed by atoms with Crippen LogP contribution in [0.2, 0.25) is 0 Å². The summed E-state index contributed by atoms with van der Waals surface area (Å²) in [6.07, 6.45) is 0.719. The van der Waals surface area contributed by atoms with Gasteiger partial charge in [0.15, 0.2) is 9.84 Å². The molecule has 0 amide bonds. The Morgan fingerprint density at radius 1 is 1.40 bits per heavy atom. The van der Waals surface area contributed by atoms with E-state index in [1.807, 2.05) is 31.2 Å². The van der Waals surface area contributed by atoms with Gasteiger partial charge in [0, 0.05) is 11.7 Å². The predicted octanol–water partition coefficient (Wildman–Crippen LogP) is 1.59. The summed E-state index contributed by atoms with van der Waals surface area (Å²) in [5.74, 6) is 0.581. The minimum Gasteiger partial charge on any atom is -0.381 e. The Balaban J connectivity index is 2.05. The van der Waals surface area contributed by atoms with E-state index in [0.717, 1.165) is 12.1 Å². The molecule has 0 saturated carbocycles. The Morgan fingerprint density at radius 3 is 2.80 bits per heavy atom. The van der Waals surface area contributed by atoms with Gasteiger partial charge < -0.3 is 5.32 Å². The van der Waals surface area contributed by atoms with E-state index < -0.39 is 9.84 Å². The number of aryl methyl sites for hydroxylation is 1. The Morgan fingerprint density at radius 2 is 2.20 bits per heavy atom. The average molecular weight is 225 g/mol. The fourth-order valence-electron chi connectivity index (χ4n) is 1.88. The quantitative estimate of drug-likeness (QED) is 0.831. The van der Waals surface area contributed by atoms with Gasteiger partial charge in [-0.2, -0.15) is 0 Å². The van der Waals surface area contributed by atoms with Crippen LogP contribution in [0.3, 0.4) is 0 Å². The first kappa shape index (κ1) is 10.5. The zero-order valence-corrected chi connectivity index (χ0v) is 9.55. The van der Waals surface area contributed by atoms with Crippen LogP contribution in [0.15, 0.2) is 24.3 Å². The van der Waals surface area contributed by atoms with Crippen LogP contribution in [0, 0.1) is 6.92 Å². The van der Waals surface area contributed by atoms with Gasteiger partial charge in [0.1, 0.15) is 0 Å². The van der Waals surface area contributed by atoms with Crippen LogP contribution in [0.25, 0.3) is 0 Å². The maximum atomic E-state index is 11.3. The molecule has 1 aromatic carbocycles. The third-order valence-corrected chi connectivity index (χ3v) is 4.39. The molecular weight excluding hydrogens is 210 g/mol. The molecule has 1 aliphatic rings. The van der Waals surface area contributed by atoms with Gasteiger partial charge in [0.2, 0.25) is 0 Å². The minimum absolute atomic E-state index is 0.0804. The van der Waals surface area contributed by atoms with Gasteiger partial charge in [-0.3, -0.25) is 0 Å². The van der Waals surface area contributed by atoms with E-state index in [1.54, 1.807) is 0 Å². The average Bonchev–Trinajstić information content (AvgIpc) is 2.45. The number of nitrogens with one attached hydrogen (secondary N) is 1. The largest absolute Gasteiger partial charge is 0.381 e. The van der Waals surface area contributed by atoms with Crippen LogP contribution < -0.4 is 5.32 Å². The monoisotopic (exact) mass is 225 g/mol. The maximum absolute atomic E-state index is 11.3. The molecule has 82 valence electrons. The van der Waals surface area contributed by atoms with Crippen molar-refractivity contribution in [2.45, 2.75) is 19.4 Å². The minimum atomic E-state index is -2.79. The van der Waals surface area contributed by atoms with Gasteiger partial charge >= 0.3 is 0 Å². The van der Waals surface area contributed by atoms with Gasteiger partial charge in [-0.25, -0.2) is 8.42 Å². The van der Waals surface area contributed by atoms with E-state index in [-0.39, 0.29) is 11.8 Å². The van der Waals surface area contributed by atoms with Crippen molar-refractivity contribution in [1.29, 1.82) is 0 Å². The summed E-state index contributed by atoms with van der Waals surface area (Å²) in [6.45, 7) is 2.02. The molecule has 1 aromatic rings. The molecule has 0 spiro atoms. The van der Waals surface area contributed by atoms with Crippen molar-refractivity contribution in [3.63, 3.8) is 0 Å². The van der Waals surface area contributed by atoms with Crippen molar-refractivity contribution < 1.29 is 8.42 Å². The smallest absolute Gasteiger partial charge is 0.152 e. The Hall–Kier alpha value is -1.03. The summed E-state index contributed by atoms with van der Waals surface area (Å²) in [5.41, 5.74) is 2.19. The van der Waals surface area contributed by atoms with Crippen molar-refractivity contribution in [1.82, 2.24) is 0 Å². The number of rotatable bonds is 2. The summed E-state index contributed by atoms with van der Waals surface area (Å²) in [6, 6.07) is 8.08. The Labute approximate surface area is 90.4 Å². The number of hydrogen-bond acceptors (Lipinski definition) is 3. The number of hydrogen-bond donors (Lipinski definition) is 1. The summed E-state index contributed by atoms with van der Waals surface area (Å²) in [7, 11) is -2.79. The molecule has 0 bridgehead atoms. The zero-order chi connectivity index (χ0) is 10.9. The molecule has 3 nitrogen and oxygen atoms in total. The molecule has 0 radical (unpaired) electrons. The van der Waals surface area contributed by atoms with E-state index in [0.29, 0.717) is 5.75 Å². The fraction of sp³-hybridized carbons (Fsp3) is 0.455. The first-order chi connectivity index (χ1) is 7.05. The third-order valence-electron chi connectivity index (χ3n) is 2.62. The second kappa shape index (κ2) is 3.85. The highest BCUT2D eigenvalue weighted by Gasteiger charge is 2.27. The van der Waals surface area contributed by atoms with Crippen molar-refractivity contribution in [2.75, 3.05) is 16.8 Å². The van der Waals surface area contributed by atoms with Crippen molar-refractivity contribution in [3.8, 4) is 0 Å². The SMILES string of the molecule is Cc1cccc(N[C@H]2CCS(=O)(=O)C2)c1.